The zero-order valence-electron chi connectivity index (χ0n) is 14.8. The van der Waals surface area contributed by atoms with E-state index >= 15 is 0 Å². The predicted octanol–water partition coefficient (Wildman–Crippen LogP) is 3.18. The standard InChI is InChI=1S/C18H25N5O.HI/c1-3-16-22-17(24-23-16)14-7-5-13(6-8-14)11-12-20-18(19-4-2)21-15-9-10-15;/h5-8,15H,3-4,9-12H2,1-2H3,(H2,19,20,21);1H. The van der Waals surface area contributed by atoms with Crippen molar-refractivity contribution in [3.8, 4) is 11.5 Å². The van der Waals surface area contributed by atoms with Crippen molar-refractivity contribution in [2.75, 3.05) is 13.1 Å². The fourth-order valence-electron chi connectivity index (χ4n) is 2.37. The van der Waals surface area contributed by atoms with Crippen LogP contribution in [0.2, 0.25) is 0 Å². The minimum Gasteiger partial charge on any atom is -0.357 e. The molecular formula is C18H26IN5O. The van der Waals surface area contributed by atoms with Gasteiger partial charge in [0.05, 0.1) is 0 Å². The van der Waals surface area contributed by atoms with E-state index in [1.165, 1.54) is 18.4 Å². The van der Waals surface area contributed by atoms with Crippen molar-refractivity contribution in [3.05, 3.63) is 35.7 Å². The summed E-state index contributed by atoms with van der Waals surface area (Å²) in [5, 5.41) is 10.6. The van der Waals surface area contributed by atoms with Crippen LogP contribution in [0.1, 0.15) is 38.1 Å². The molecule has 2 aromatic rings. The molecule has 1 aromatic heterocycles. The van der Waals surface area contributed by atoms with Gasteiger partial charge >= 0.3 is 0 Å². The molecular weight excluding hydrogens is 429 g/mol. The number of aromatic nitrogens is 2. The molecule has 1 aliphatic carbocycles. The van der Waals surface area contributed by atoms with Gasteiger partial charge in [0.1, 0.15) is 0 Å². The molecule has 0 bridgehead atoms. The number of rotatable bonds is 7. The summed E-state index contributed by atoms with van der Waals surface area (Å²) in [5.74, 6) is 2.25. The quantitative estimate of drug-likeness (QED) is 0.381. The molecule has 1 fully saturated rings. The van der Waals surface area contributed by atoms with Crippen LogP contribution in [0, 0.1) is 0 Å². The molecule has 0 radical (unpaired) electrons. The number of nitrogens with zero attached hydrogens (tertiary/aromatic N) is 3. The molecule has 0 aliphatic heterocycles. The smallest absolute Gasteiger partial charge is 0.257 e. The number of nitrogens with one attached hydrogen (secondary N) is 2. The third kappa shape index (κ3) is 5.98. The fraction of sp³-hybridized carbons (Fsp3) is 0.500. The number of benzene rings is 1. The lowest BCUT2D eigenvalue weighted by atomic mass is 10.1. The summed E-state index contributed by atoms with van der Waals surface area (Å²) in [6.45, 7) is 5.75. The molecule has 25 heavy (non-hydrogen) atoms. The Kier molecular flexibility index (Phi) is 7.67. The van der Waals surface area contributed by atoms with Crippen LogP contribution in [0.5, 0.6) is 0 Å². The molecule has 3 rings (SSSR count). The first-order valence-corrected chi connectivity index (χ1v) is 8.75. The van der Waals surface area contributed by atoms with E-state index in [0.717, 1.165) is 43.3 Å². The Hall–Kier alpha value is -1.64. The van der Waals surface area contributed by atoms with E-state index in [9.17, 15) is 0 Å². The van der Waals surface area contributed by atoms with Gasteiger partial charge in [-0.1, -0.05) is 24.2 Å². The molecule has 0 spiro atoms. The maximum Gasteiger partial charge on any atom is 0.257 e. The van der Waals surface area contributed by atoms with E-state index in [2.05, 4.69) is 44.8 Å². The molecule has 0 saturated heterocycles. The molecule has 1 aliphatic rings. The predicted molar refractivity (Wildman–Crippen MR) is 110 cm³/mol. The Bertz CT molecular complexity index is 679. The van der Waals surface area contributed by atoms with Crippen LogP contribution in [0.3, 0.4) is 0 Å². The molecule has 0 atom stereocenters. The second-order valence-electron chi connectivity index (χ2n) is 6.00. The first-order valence-electron chi connectivity index (χ1n) is 8.75. The minimum absolute atomic E-state index is 0. The number of halogens is 1. The minimum atomic E-state index is 0. The molecule has 1 saturated carbocycles. The zero-order valence-corrected chi connectivity index (χ0v) is 17.1. The average molecular weight is 455 g/mol. The summed E-state index contributed by atoms with van der Waals surface area (Å²) in [5.41, 5.74) is 2.21. The van der Waals surface area contributed by atoms with Crippen molar-refractivity contribution in [2.24, 2.45) is 4.99 Å². The second-order valence-corrected chi connectivity index (χ2v) is 6.00. The molecule has 1 heterocycles. The van der Waals surface area contributed by atoms with Gasteiger partial charge in [0.25, 0.3) is 5.89 Å². The first kappa shape index (κ1) is 19.7. The third-order valence-corrected chi connectivity index (χ3v) is 3.92. The van der Waals surface area contributed by atoms with Crippen LogP contribution in [-0.4, -0.2) is 35.2 Å². The highest BCUT2D eigenvalue weighted by atomic mass is 127. The van der Waals surface area contributed by atoms with Crippen molar-refractivity contribution in [1.29, 1.82) is 0 Å². The topological polar surface area (TPSA) is 75.3 Å². The van der Waals surface area contributed by atoms with Crippen LogP contribution < -0.4 is 10.6 Å². The summed E-state index contributed by atoms with van der Waals surface area (Å²) in [7, 11) is 0. The summed E-state index contributed by atoms with van der Waals surface area (Å²) < 4.78 is 5.26. The average Bonchev–Trinajstić information content (AvgIpc) is 3.29. The molecule has 0 unspecified atom stereocenters. The van der Waals surface area contributed by atoms with Crippen LogP contribution in [-0.2, 0) is 12.8 Å². The van der Waals surface area contributed by atoms with Crippen LogP contribution in [0.25, 0.3) is 11.5 Å². The largest absolute Gasteiger partial charge is 0.357 e. The van der Waals surface area contributed by atoms with Gasteiger partial charge in [-0.15, -0.1) is 24.0 Å². The van der Waals surface area contributed by atoms with Crippen molar-refractivity contribution < 1.29 is 4.52 Å². The van der Waals surface area contributed by atoms with Crippen LogP contribution in [0.15, 0.2) is 33.8 Å². The van der Waals surface area contributed by atoms with Gasteiger partial charge in [-0.25, -0.2) is 0 Å². The van der Waals surface area contributed by atoms with Gasteiger partial charge in [0.15, 0.2) is 11.8 Å². The maximum absolute atomic E-state index is 5.26. The maximum atomic E-state index is 5.26. The summed E-state index contributed by atoms with van der Waals surface area (Å²) >= 11 is 0. The van der Waals surface area contributed by atoms with Crippen molar-refractivity contribution in [3.63, 3.8) is 0 Å². The highest BCUT2D eigenvalue weighted by Gasteiger charge is 2.21. The summed E-state index contributed by atoms with van der Waals surface area (Å²) in [6.07, 6.45) is 4.19. The lowest BCUT2D eigenvalue weighted by Crippen LogP contribution is -2.38. The second kappa shape index (κ2) is 9.74. The number of hydrogen-bond acceptors (Lipinski definition) is 4. The van der Waals surface area contributed by atoms with Gasteiger partial charge in [0, 0.05) is 31.1 Å². The monoisotopic (exact) mass is 455 g/mol. The number of guanidine groups is 1. The highest BCUT2D eigenvalue weighted by molar-refractivity contribution is 14.0. The highest BCUT2D eigenvalue weighted by Crippen LogP contribution is 2.19. The van der Waals surface area contributed by atoms with E-state index < -0.39 is 0 Å². The van der Waals surface area contributed by atoms with E-state index in [-0.39, 0.29) is 24.0 Å². The van der Waals surface area contributed by atoms with Crippen molar-refractivity contribution >= 4 is 29.9 Å². The Balaban J connectivity index is 0.00000225. The van der Waals surface area contributed by atoms with E-state index in [1.54, 1.807) is 0 Å². The lowest BCUT2D eigenvalue weighted by molar-refractivity contribution is 0.423. The fourth-order valence-corrected chi connectivity index (χ4v) is 2.37. The summed E-state index contributed by atoms with van der Waals surface area (Å²) in [4.78, 5) is 8.99. The van der Waals surface area contributed by atoms with E-state index in [0.29, 0.717) is 11.9 Å². The Morgan fingerprint density at radius 1 is 1.24 bits per heavy atom. The van der Waals surface area contributed by atoms with E-state index in [1.807, 2.05) is 19.1 Å². The van der Waals surface area contributed by atoms with Gasteiger partial charge in [0.2, 0.25) is 0 Å². The molecule has 7 heteroatoms. The van der Waals surface area contributed by atoms with Gasteiger partial charge in [-0.05, 0) is 43.9 Å². The zero-order chi connectivity index (χ0) is 16.8. The molecule has 136 valence electrons. The molecule has 1 aromatic carbocycles. The van der Waals surface area contributed by atoms with E-state index in [4.69, 9.17) is 4.52 Å². The number of hydrogen-bond donors (Lipinski definition) is 2. The molecule has 0 amide bonds. The Morgan fingerprint density at radius 3 is 2.60 bits per heavy atom. The normalized spacial score (nSPS) is 14.1. The van der Waals surface area contributed by atoms with Gasteiger partial charge in [-0.2, -0.15) is 4.98 Å². The first-order chi connectivity index (χ1) is 11.8. The SMILES string of the molecule is CCNC(=NCCc1ccc(-c2nc(CC)no2)cc1)NC1CC1.I. The molecule has 2 N–H and O–H groups in total. The number of aryl methyl sites for hydroxylation is 1. The Morgan fingerprint density at radius 2 is 2.00 bits per heavy atom. The number of aliphatic imine (C=N–C) groups is 1. The van der Waals surface area contributed by atoms with Gasteiger partial charge in [-0.3, -0.25) is 4.99 Å². The van der Waals surface area contributed by atoms with Crippen LogP contribution >= 0.6 is 24.0 Å². The summed E-state index contributed by atoms with van der Waals surface area (Å²) in [6, 6.07) is 8.87. The van der Waals surface area contributed by atoms with Crippen LogP contribution in [0.4, 0.5) is 0 Å². The lowest BCUT2D eigenvalue weighted by Gasteiger charge is -2.10. The van der Waals surface area contributed by atoms with Crippen molar-refractivity contribution in [2.45, 2.75) is 45.6 Å². The van der Waals surface area contributed by atoms with Gasteiger partial charge < -0.3 is 15.2 Å². The third-order valence-electron chi connectivity index (χ3n) is 3.92. The Labute approximate surface area is 165 Å². The molecule has 6 nitrogen and oxygen atoms in total. The van der Waals surface area contributed by atoms with Crippen molar-refractivity contribution in [1.82, 2.24) is 20.8 Å².